The van der Waals surface area contributed by atoms with Crippen molar-refractivity contribution in [3.05, 3.63) is 97.1 Å². The summed E-state index contributed by atoms with van der Waals surface area (Å²) in [7, 11) is 0. The van der Waals surface area contributed by atoms with Gasteiger partial charge >= 0.3 is 0 Å². The van der Waals surface area contributed by atoms with Gasteiger partial charge in [-0.05, 0) is 53.9 Å². The van der Waals surface area contributed by atoms with E-state index in [-0.39, 0.29) is 0 Å². The highest BCUT2D eigenvalue weighted by atomic mass is 32.1. The smallest absolute Gasteiger partial charge is 0.146 e. The maximum Gasteiger partial charge on any atom is 0.146 e. The van der Waals surface area contributed by atoms with Crippen LogP contribution in [0.1, 0.15) is 0 Å². The number of benzene rings is 5. The number of hydrogen-bond acceptors (Lipinski definition) is 3. The number of fused-ring (bicyclic) bond motifs is 15. The van der Waals surface area contributed by atoms with Gasteiger partial charge in [0.2, 0.25) is 0 Å². The van der Waals surface area contributed by atoms with E-state index in [4.69, 9.17) is 9.40 Å². The molecule has 0 unspecified atom stereocenters. The number of pyridine rings is 1. The third kappa shape index (κ3) is 2.18. The molecule has 35 heavy (non-hydrogen) atoms. The van der Waals surface area contributed by atoms with E-state index in [2.05, 4.69) is 95.4 Å². The van der Waals surface area contributed by atoms with Crippen LogP contribution in [0.15, 0.2) is 101 Å². The zero-order valence-corrected chi connectivity index (χ0v) is 19.3. The number of imidazole rings is 1. The minimum Gasteiger partial charge on any atom is -0.456 e. The molecule has 9 aromatic rings. The third-order valence-electron chi connectivity index (χ3n) is 7.35. The van der Waals surface area contributed by atoms with E-state index in [9.17, 15) is 0 Å². The molecule has 3 nitrogen and oxygen atoms in total. The first-order chi connectivity index (χ1) is 17.3. The van der Waals surface area contributed by atoms with Crippen molar-refractivity contribution in [3.8, 4) is 0 Å². The lowest BCUT2D eigenvalue weighted by atomic mass is 9.99. The minimum atomic E-state index is 0.916. The van der Waals surface area contributed by atoms with Gasteiger partial charge in [-0.2, -0.15) is 0 Å². The van der Waals surface area contributed by atoms with Gasteiger partial charge in [0.05, 0.1) is 16.6 Å². The summed E-state index contributed by atoms with van der Waals surface area (Å²) in [6.45, 7) is 0. The summed E-state index contributed by atoms with van der Waals surface area (Å²) in [5.74, 6) is 0. The second-order valence-corrected chi connectivity index (χ2v) is 10.3. The Morgan fingerprint density at radius 3 is 2.37 bits per heavy atom. The molecule has 5 aromatic carbocycles. The van der Waals surface area contributed by atoms with Crippen LogP contribution in [0, 0.1) is 0 Å². The van der Waals surface area contributed by atoms with Crippen molar-refractivity contribution in [1.82, 2.24) is 9.38 Å². The Balaban J connectivity index is 1.67. The molecule has 0 fully saturated rings. The molecule has 0 saturated carbocycles. The van der Waals surface area contributed by atoms with Crippen molar-refractivity contribution in [1.29, 1.82) is 0 Å². The van der Waals surface area contributed by atoms with Gasteiger partial charge in [-0.3, -0.25) is 4.40 Å². The minimum absolute atomic E-state index is 0.916. The maximum atomic E-state index is 6.31. The number of hydrogen-bond donors (Lipinski definition) is 0. The summed E-state index contributed by atoms with van der Waals surface area (Å²) in [6.07, 6.45) is 0. The van der Waals surface area contributed by atoms with Crippen LogP contribution in [-0.2, 0) is 0 Å². The second kappa shape index (κ2) is 6.17. The number of para-hydroxylation sites is 3. The van der Waals surface area contributed by atoms with E-state index in [1.165, 1.54) is 41.7 Å². The highest BCUT2D eigenvalue weighted by molar-refractivity contribution is 7.25. The maximum absolute atomic E-state index is 6.31. The van der Waals surface area contributed by atoms with Crippen LogP contribution in [-0.4, -0.2) is 9.38 Å². The molecular weight excluding hydrogens is 448 g/mol. The molecule has 0 saturated heterocycles. The zero-order valence-electron chi connectivity index (χ0n) is 18.4. The van der Waals surface area contributed by atoms with Crippen molar-refractivity contribution in [2.24, 2.45) is 0 Å². The molecule has 0 bridgehead atoms. The quantitative estimate of drug-likeness (QED) is 0.210. The molecule has 0 spiro atoms. The summed E-state index contributed by atoms with van der Waals surface area (Å²) in [6, 6.07) is 34.5. The zero-order chi connectivity index (χ0) is 22.7. The fourth-order valence-corrected chi connectivity index (χ4v) is 7.01. The van der Waals surface area contributed by atoms with Crippen LogP contribution in [0.3, 0.4) is 0 Å². The lowest BCUT2D eigenvalue weighted by Crippen LogP contribution is -1.92. The number of rotatable bonds is 0. The molecule has 0 aliphatic rings. The van der Waals surface area contributed by atoms with Crippen molar-refractivity contribution >= 4 is 91.8 Å². The third-order valence-corrected chi connectivity index (χ3v) is 8.48. The Morgan fingerprint density at radius 2 is 1.40 bits per heavy atom. The monoisotopic (exact) mass is 464 g/mol. The molecule has 0 aliphatic carbocycles. The Hall–Kier alpha value is -4.41. The molecular formula is C31H16N2OS. The standard InChI is InChI=1S/C31H16N2OS/c1-5-11-25-18(8-1)30-26(34-25)14-13-24-29(30)20-15-19-17-7-2-6-12-27(17)35-28(19)16-21(20)31-32-22-9-3-4-10-23(22)33(24)31/h1-16H. The van der Waals surface area contributed by atoms with Gasteiger partial charge < -0.3 is 4.42 Å². The Bertz CT molecular complexity index is 2330. The summed E-state index contributed by atoms with van der Waals surface area (Å²) >= 11 is 1.85. The summed E-state index contributed by atoms with van der Waals surface area (Å²) in [4.78, 5) is 5.13. The van der Waals surface area contributed by atoms with Crippen LogP contribution in [0.25, 0.3) is 80.5 Å². The van der Waals surface area contributed by atoms with E-state index < -0.39 is 0 Å². The average molecular weight is 465 g/mol. The van der Waals surface area contributed by atoms with E-state index >= 15 is 0 Å². The predicted molar refractivity (Wildman–Crippen MR) is 148 cm³/mol. The Morgan fingerprint density at radius 1 is 0.571 bits per heavy atom. The number of furan rings is 1. The van der Waals surface area contributed by atoms with Gasteiger partial charge in [0, 0.05) is 41.7 Å². The Kier molecular flexibility index (Phi) is 3.17. The van der Waals surface area contributed by atoms with Gasteiger partial charge in [0.25, 0.3) is 0 Å². The van der Waals surface area contributed by atoms with E-state index in [1.807, 2.05) is 17.4 Å². The van der Waals surface area contributed by atoms with Crippen LogP contribution >= 0.6 is 11.3 Å². The molecule has 4 heterocycles. The average Bonchev–Trinajstić information content (AvgIpc) is 3.58. The first-order valence-corrected chi connectivity index (χ1v) is 12.5. The summed E-state index contributed by atoms with van der Waals surface area (Å²) in [5, 5.41) is 8.52. The summed E-state index contributed by atoms with van der Waals surface area (Å²) < 4.78 is 11.2. The van der Waals surface area contributed by atoms with Crippen molar-refractivity contribution < 1.29 is 4.42 Å². The fraction of sp³-hybridized carbons (Fsp3) is 0. The van der Waals surface area contributed by atoms with Crippen LogP contribution < -0.4 is 0 Å². The lowest BCUT2D eigenvalue weighted by molar-refractivity contribution is 0.669. The lowest BCUT2D eigenvalue weighted by Gasteiger charge is -2.11. The molecule has 0 atom stereocenters. The first kappa shape index (κ1) is 18.0. The van der Waals surface area contributed by atoms with Crippen molar-refractivity contribution in [2.45, 2.75) is 0 Å². The molecule has 162 valence electrons. The van der Waals surface area contributed by atoms with Gasteiger partial charge in [-0.1, -0.05) is 48.5 Å². The highest BCUT2D eigenvalue weighted by Crippen LogP contribution is 2.44. The van der Waals surface area contributed by atoms with Crippen LogP contribution in [0.4, 0.5) is 0 Å². The SMILES string of the molecule is c1ccc2c(c1)nc1c3cc4sc5ccccc5c4cc3c3c4c(ccc3n21)oc1ccccc14. The molecule has 9 rings (SSSR count). The van der Waals surface area contributed by atoms with E-state index in [0.29, 0.717) is 0 Å². The number of aromatic nitrogens is 2. The fourth-order valence-electron chi connectivity index (χ4n) is 5.88. The first-order valence-electron chi connectivity index (χ1n) is 11.7. The highest BCUT2D eigenvalue weighted by Gasteiger charge is 2.20. The van der Waals surface area contributed by atoms with Crippen molar-refractivity contribution in [3.63, 3.8) is 0 Å². The van der Waals surface area contributed by atoms with E-state index in [0.717, 1.165) is 38.7 Å². The van der Waals surface area contributed by atoms with Gasteiger partial charge in [-0.15, -0.1) is 11.3 Å². The topological polar surface area (TPSA) is 30.4 Å². The largest absolute Gasteiger partial charge is 0.456 e. The van der Waals surface area contributed by atoms with Gasteiger partial charge in [0.1, 0.15) is 16.8 Å². The predicted octanol–water partition coefficient (Wildman–Crippen LogP) is 9.06. The van der Waals surface area contributed by atoms with Crippen LogP contribution in [0.2, 0.25) is 0 Å². The van der Waals surface area contributed by atoms with Crippen LogP contribution in [0.5, 0.6) is 0 Å². The molecule has 0 amide bonds. The molecule has 0 aliphatic heterocycles. The normalized spacial score (nSPS) is 12.6. The van der Waals surface area contributed by atoms with E-state index in [1.54, 1.807) is 0 Å². The number of thiophene rings is 1. The van der Waals surface area contributed by atoms with Crippen molar-refractivity contribution in [2.75, 3.05) is 0 Å². The second-order valence-electron chi connectivity index (χ2n) is 9.18. The van der Waals surface area contributed by atoms with Gasteiger partial charge in [0.15, 0.2) is 0 Å². The molecule has 0 N–H and O–H groups in total. The van der Waals surface area contributed by atoms with Gasteiger partial charge in [-0.25, -0.2) is 4.98 Å². The summed E-state index contributed by atoms with van der Waals surface area (Å²) in [5.41, 5.74) is 6.12. The molecule has 4 heteroatoms. The molecule has 0 radical (unpaired) electrons. The Labute approximate surface area is 202 Å². The number of nitrogens with zero attached hydrogens (tertiary/aromatic N) is 2. The molecule has 4 aromatic heterocycles.